The second-order valence-corrected chi connectivity index (χ2v) is 7.09. The third kappa shape index (κ3) is 4.88. The molecule has 1 aliphatic rings. The predicted molar refractivity (Wildman–Crippen MR) is 91.0 cm³/mol. The van der Waals surface area contributed by atoms with E-state index in [9.17, 15) is 27.9 Å². The highest BCUT2D eigenvalue weighted by molar-refractivity contribution is 6.31. The Morgan fingerprint density at radius 2 is 2.00 bits per heavy atom. The summed E-state index contributed by atoms with van der Waals surface area (Å²) >= 11 is 5.57. The Balaban J connectivity index is 2.11. The molecule has 1 fully saturated rings. The number of carboxylic acid groups (broad SMARTS) is 1. The summed E-state index contributed by atoms with van der Waals surface area (Å²) in [7, 11) is 0. The fourth-order valence-corrected chi connectivity index (χ4v) is 3.35. The van der Waals surface area contributed by atoms with Crippen LogP contribution in [0.2, 0.25) is 5.02 Å². The van der Waals surface area contributed by atoms with Gasteiger partial charge in [0.25, 0.3) is 0 Å². The van der Waals surface area contributed by atoms with Gasteiger partial charge in [0, 0.05) is 18.8 Å². The Hall–Kier alpha value is -1.80. The molecule has 3 unspecified atom stereocenters. The zero-order chi connectivity index (χ0) is 19.6. The normalized spacial score (nSPS) is 22.7. The lowest BCUT2D eigenvalue weighted by Gasteiger charge is -2.37. The molecule has 1 saturated heterocycles. The molecule has 144 valence electrons. The number of nitrogens with zero attached hydrogens (tertiary/aromatic N) is 1. The molecule has 1 aliphatic heterocycles. The van der Waals surface area contributed by atoms with E-state index in [1.165, 1.54) is 6.07 Å². The lowest BCUT2D eigenvalue weighted by Crippen LogP contribution is -2.50. The number of alkyl halides is 3. The van der Waals surface area contributed by atoms with Crippen LogP contribution in [0.25, 0.3) is 0 Å². The molecule has 2 N–H and O–H groups in total. The van der Waals surface area contributed by atoms with E-state index in [0.717, 1.165) is 12.1 Å². The van der Waals surface area contributed by atoms with Gasteiger partial charge in [0.1, 0.15) is 0 Å². The minimum absolute atomic E-state index is 0.0154. The van der Waals surface area contributed by atoms with Crippen molar-refractivity contribution >= 4 is 29.2 Å². The van der Waals surface area contributed by atoms with Gasteiger partial charge < -0.3 is 10.4 Å². The van der Waals surface area contributed by atoms with E-state index < -0.39 is 40.6 Å². The number of likely N-dealkylation sites (tertiary alicyclic amines) is 1. The second kappa shape index (κ2) is 7.84. The molecule has 9 heteroatoms. The lowest BCUT2D eigenvalue weighted by atomic mass is 9.89. The van der Waals surface area contributed by atoms with Crippen molar-refractivity contribution in [2.75, 3.05) is 18.4 Å². The molecule has 5 nitrogen and oxygen atoms in total. The molecule has 1 aromatic rings. The molecule has 0 bridgehead atoms. The summed E-state index contributed by atoms with van der Waals surface area (Å²) in [6, 6.07) is 2.48. The summed E-state index contributed by atoms with van der Waals surface area (Å²) in [6.45, 7) is 4.28. The van der Waals surface area contributed by atoms with Crippen LogP contribution in [0.5, 0.6) is 0 Å². The smallest absolute Gasteiger partial charge is 0.417 e. The number of hydrogen-bond acceptors (Lipinski definition) is 3. The van der Waals surface area contributed by atoms with E-state index in [0.29, 0.717) is 13.0 Å². The molecule has 3 atom stereocenters. The van der Waals surface area contributed by atoms with Crippen molar-refractivity contribution in [1.82, 2.24) is 4.90 Å². The van der Waals surface area contributed by atoms with Gasteiger partial charge in [0.15, 0.2) is 0 Å². The standard InChI is InChI=1S/C17H20ClF3N2O3/c1-9-5-11(16(25)26)8-23(7-9)10(2)15(24)22-12-3-4-14(18)13(6-12)17(19,20)21/h3-4,6,9-11H,5,7-8H2,1-2H3,(H,22,24)(H,25,26). The number of rotatable bonds is 4. The maximum absolute atomic E-state index is 12.9. The van der Waals surface area contributed by atoms with E-state index in [1.54, 1.807) is 11.8 Å². The van der Waals surface area contributed by atoms with Crippen molar-refractivity contribution in [2.45, 2.75) is 32.5 Å². The fourth-order valence-electron chi connectivity index (χ4n) is 3.12. The van der Waals surface area contributed by atoms with Crippen LogP contribution in [0.3, 0.4) is 0 Å². The van der Waals surface area contributed by atoms with Gasteiger partial charge in [-0.25, -0.2) is 0 Å². The topological polar surface area (TPSA) is 69.6 Å². The fraction of sp³-hybridized carbons (Fsp3) is 0.529. The molecule has 1 heterocycles. The minimum atomic E-state index is -4.62. The molecule has 0 radical (unpaired) electrons. The monoisotopic (exact) mass is 392 g/mol. The summed E-state index contributed by atoms with van der Waals surface area (Å²) in [5.41, 5.74) is -1.04. The van der Waals surface area contributed by atoms with Crippen molar-refractivity contribution < 1.29 is 27.9 Å². The first-order valence-electron chi connectivity index (χ1n) is 8.13. The van der Waals surface area contributed by atoms with Gasteiger partial charge in [-0.05, 0) is 37.5 Å². The number of benzene rings is 1. The molecule has 1 aromatic carbocycles. The quantitative estimate of drug-likeness (QED) is 0.819. The van der Waals surface area contributed by atoms with Crippen LogP contribution < -0.4 is 5.32 Å². The lowest BCUT2D eigenvalue weighted by molar-refractivity contribution is -0.145. The summed E-state index contributed by atoms with van der Waals surface area (Å²) in [5, 5.41) is 11.2. The van der Waals surface area contributed by atoms with Crippen LogP contribution >= 0.6 is 11.6 Å². The van der Waals surface area contributed by atoms with Crippen molar-refractivity contribution in [2.24, 2.45) is 11.8 Å². The molecule has 0 aliphatic carbocycles. The average molecular weight is 393 g/mol. The number of carboxylic acids is 1. The summed E-state index contributed by atoms with van der Waals surface area (Å²) < 4.78 is 38.7. The van der Waals surface area contributed by atoms with Gasteiger partial charge in [0.05, 0.1) is 22.5 Å². The number of hydrogen-bond donors (Lipinski definition) is 2. The van der Waals surface area contributed by atoms with Gasteiger partial charge in [-0.2, -0.15) is 13.2 Å². The Labute approximate surface area is 154 Å². The molecule has 0 spiro atoms. The van der Waals surface area contributed by atoms with Gasteiger partial charge in [-0.1, -0.05) is 18.5 Å². The SMILES string of the molecule is CC1CC(C(=O)O)CN(C(C)C(=O)Nc2ccc(Cl)c(C(F)(F)F)c2)C1. The Morgan fingerprint density at radius 3 is 2.58 bits per heavy atom. The molecule has 26 heavy (non-hydrogen) atoms. The van der Waals surface area contributed by atoms with Crippen molar-refractivity contribution in [3.63, 3.8) is 0 Å². The minimum Gasteiger partial charge on any atom is -0.481 e. The molecular formula is C17H20ClF3N2O3. The molecule has 0 aromatic heterocycles. The summed E-state index contributed by atoms with van der Waals surface area (Å²) in [5.74, 6) is -1.88. The maximum Gasteiger partial charge on any atom is 0.417 e. The number of nitrogens with one attached hydrogen (secondary N) is 1. The van der Waals surface area contributed by atoms with Crippen LogP contribution in [-0.4, -0.2) is 41.0 Å². The first kappa shape index (κ1) is 20.5. The van der Waals surface area contributed by atoms with Crippen LogP contribution in [0.15, 0.2) is 18.2 Å². The van der Waals surface area contributed by atoms with Crippen LogP contribution in [0.1, 0.15) is 25.8 Å². The predicted octanol–water partition coefficient (Wildman–Crippen LogP) is 3.73. The zero-order valence-corrected chi connectivity index (χ0v) is 15.1. The van der Waals surface area contributed by atoms with Crippen LogP contribution in [0, 0.1) is 11.8 Å². The zero-order valence-electron chi connectivity index (χ0n) is 14.3. The van der Waals surface area contributed by atoms with E-state index in [2.05, 4.69) is 5.32 Å². The molecule has 0 saturated carbocycles. The number of anilines is 1. The third-order valence-corrected chi connectivity index (χ3v) is 4.83. The number of halogens is 4. The largest absolute Gasteiger partial charge is 0.481 e. The van der Waals surface area contributed by atoms with Gasteiger partial charge in [0.2, 0.25) is 5.91 Å². The first-order valence-corrected chi connectivity index (χ1v) is 8.51. The number of amides is 1. The van der Waals surface area contributed by atoms with Crippen molar-refractivity contribution in [3.05, 3.63) is 28.8 Å². The Morgan fingerprint density at radius 1 is 1.35 bits per heavy atom. The summed E-state index contributed by atoms with van der Waals surface area (Å²) in [4.78, 5) is 25.4. The summed E-state index contributed by atoms with van der Waals surface area (Å²) in [6.07, 6.45) is -4.09. The third-order valence-electron chi connectivity index (χ3n) is 4.50. The number of piperidine rings is 1. The Kier molecular flexibility index (Phi) is 6.18. The number of carbonyl (C=O) groups is 2. The van der Waals surface area contributed by atoms with Gasteiger partial charge in [-0.3, -0.25) is 14.5 Å². The molecular weight excluding hydrogens is 373 g/mol. The molecule has 2 rings (SSSR count). The molecule has 1 amide bonds. The van der Waals surface area contributed by atoms with E-state index in [-0.39, 0.29) is 18.2 Å². The van der Waals surface area contributed by atoms with E-state index in [4.69, 9.17) is 11.6 Å². The Bertz CT molecular complexity index is 696. The highest BCUT2D eigenvalue weighted by atomic mass is 35.5. The highest BCUT2D eigenvalue weighted by Gasteiger charge is 2.35. The van der Waals surface area contributed by atoms with Crippen molar-refractivity contribution in [3.8, 4) is 0 Å². The number of aliphatic carboxylic acids is 1. The van der Waals surface area contributed by atoms with Crippen LogP contribution in [0.4, 0.5) is 18.9 Å². The van der Waals surface area contributed by atoms with Gasteiger partial charge >= 0.3 is 12.1 Å². The van der Waals surface area contributed by atoms with E-state index >= 15 is 0 Å². The average Bonchev–Trinajstić information content (AvgIpc) is 2.54. The number of carbonyl (C=O) groups excluding carboxylic acids is 1. The highest BCUT2D eigenvalue weighted by Crippen LogP contribution is 2.36. The van der Waals surface area contributed by atoms with Gasteiger partial charge in [-0.15, -0.1) is 0 Å². The van der Waals surface area contributed by atoms with Crippen molar-refractivity contribution in [1.29, 1.82) is 0 Å². The van der Waals surface area contributed by atoms with Crippen LogP contribution in [-0.2, 0) is 15.8 Å². The first-order chi connectivity index (χ1) is 12.0. The second-order valence-electron chi connectivity index (χ2n) is 6.69. The maximum atomic E-state index is 12.9. The van der Waals surface area contributed by atoms with E-state index in [1.807, 2.05) is 6.92 Å².